The summed E-state index contributed by atoms with van der Waals surface area (Å²) >= 11 is 6.14. The van der Waals surface area contributed by atoms with E-state index in [2.05, 4.69) is 4.98 Å². The molecule has 25 heavy (non-hydrogen) atoms. The molecule has 1 aromatic heterocycles. The van der Waals surface area contributed by atoms with Gasteiger partial charge in [-0.15, -0.1) is 0 Å². The topological polar surface area (TPSA) is 48.4 Å². The molecule has 1 heterocycles. The number of esters is 1. The SMILES string of the molecule is CCOC(=O)c1nc2ccc(Cl)cc2c(Oc2ccc(C)cc2)c1C. The molecule has 0 atom stereocenters. The predicted octanol–water partition coefficient (Wildman–Crippen LogP) is 5.47. The minimum Gasteiger partial charge on any atom is -0.461 e. The summed E-state index contributed by atoms with van der Waals surface area (Å²) in [4.78, 5) is 16.7. The van der Waals surface area contributed by atoms with Gasteiger partial charge >= 0.3 is 5.97 Å². The fraction of sp³-hybridized carbons (Fsp3) is 0.200. The van der Waals surface area contributed by atoms with Crippen LogP contribution in [0.4, 0.5) is 0 Å². The number of rotatable bonds is 4. The van der Waals surface area contributed by atoms with E-state index < -0.39 is 5.97 Å². The van der Waals surface area contributed by atoms with E-state index in [1.165, 1.54) is 0 Å². The average Bonchev–Trinajstić information content (AvgIpc) is 2.59. The van der Waals surface area contributed by atoms with E-state index >= 15 is 0 Å². The molecule has 0 saturated carbocycles. The van der Waals surface area contributed by atoms with Crippen molar-refractivity contribution in [3.05, 3.63) is 64.3 Å². The first-order chi connectivity index (χ1) is 12.0. The highest BCUT2D eigenvalue weighted by molar-refractivity contribution is 6.31. The van der Waals surface area contributed by atoms with Crippen LogP contribution in [-0.4, -0.2) is 17.6 Å². The van der Waals surface area contributed by atoms with Gasteiger partial charge in [0.15, 0.2) is 5.69 Å². The number of hydrogen-bond donors (Lipinski definition) is 0. The average molecular weight is 356 g/mol. The Morgan fingerprint density at radius 2 is 1.84 bits per heavy atom. The molecule has 0 fully saturated rings. The number of carbonyl (C=O) groups is 1. The second-order valence-electron chi connectivity index (χ2n) is 5.71. The zero-order valence-electron chi connectivity index (χ0n) is 14.3. The van der Waals surface area contributed by atoms with E-state index in [1.54, 1.807) is 32.0 Å². The van der Waals surface area contributed by atoms with Crippen molar-refractivity contribution in [3.63, 3.8) is 0 Å². The van der Waals surface area contributed by atoms with Crippen LogP contribution >= 0.6 is 11.6 Å². The van der Waals surface area contributed by atoms with Gasteiger partial charge in [0.05, 0.1) is 12.1 Å². The molecule has 0 unspecified atom stereocenters. The summed E-state index contributed by atoms with van der Waals surface area (Å²) in [6.07, 6.45) is 0. The highest BCUT2D eigenvalue weighted by Gasteiger charge is 2.20. The van der Waals surface area contributed by atoms with Crippen molar-refractivity contribution in [3.8, 4) is 11.5 Å². The molecule has 5 heteroatoms. The van der Waals surface area contributed by atoms with Gasteiger partial charge in [0.1, 0.15) is 11.5 Å². The number of halogens is 1. The van der Waals surface area contributed by atoms with Crippen LogP contribution in [0.3, 0.4) is 0 Å². The number of ether oxygens (including phenoxy) is 2. The maximum atomic E-state index is 12.3. The number of benzene rings is 2. The Kier molecular flexibility index (Phi) is 4.91. The van der Waals surface area contributed by atoms with Crippen molar-refractivity contribution in [2.45, 2.75) is 20.8 Å². The van der Waals surface area contributed by atoms with Gasteiger partial charge < -0.3 is 9.47 Å². The normalized spacial score (nSPS) is 10.7. The Labute approximate surface area is 151 Å². The van der Waals surface area contributed by atoms with Crippen LogP contribution in [-0.2, 0) is 4.74 Å². The smallest absolute Gasteiger partial charge is 0.357 e. The predicted molar refractivity (Wildman–Crippen MR) is 98.7 cm³/mol. The van der Waals surface area contributed by atoms with Gasteiger partial charge in [-0.2, -0.15) is 0 Å². The summed E-state index contributed by atoms with van der Waals surface area (Å²) in [5, 5.41) is 1.32. The number of fused-ring (bicyclic) bond motifs is 1. The lowest BCUT2D eigenvalue weighted by Gasteiger charge is -2.15. The largest absolute Gasteiger partial charge is 0.461 e. The van der Waals surface area contributed by atoms with Crippen LogP contribution in [0, 0.1) is 13.8 Å². The molecule has 0 aliphatic carbocycles. The van der Waals surface area contributed by atoms with Crippen LogP contribution in [0.15, 0.2) is 42.5 Å². The van der Waals surface area contributed by atoms with E-state index in [9.17, 15) is 4.79 Å². The van der Waals surface area contributed by atoms with Crippen molar-refractivity contribution in [2.24, 2.45) is 0 Å². The summed E-state index contributed by atoms with van der Waals surface area (Å²) in [5.41, 5.74) is 2.63. The minimum atomic E-state index is -0.467. The molecule has 0 N–H and O–H groups in total. The second kappa shape index (κ2) is 7.11. The van der Waals surface area contributed by atoms with Crippen LogP contribution in [0.25, 0.3) is 10.9 Å². The molecule has 3 aromatic rings. The van der Waals surface area contributed by atoms with Crippen molar-refractivity contribution < 1.29 is 14.3 Å². The lowest BCUT2D eigenvalue weighted by atomic mass is 10.1. The van der Waals surface area contributed by atoms with E-state index in [0.29, 0.717) is 27.6 Å². The number of pyridine rings is 1. The van der Waals surface area contributed by atoms with Crippen LogP contribution in [0.5, 0.6) is 11.5 Å². The summed E-state index contributed by atoms with van der Waals surface area (Å²) < 4.78 is 11.2. The number of aromatic nitrogens is 1. The number of carbonyl (C=O) groups excluding carboxylic acids is 1. The van der Waals surface area contributed by atoms with Gasteiger partial charge in [0.2, 0.25) is 0 Å². The van der Waals surface area contributed by atoms with Crippen LogP contribution < -0.4 is 4.74 Å². The standard InChI is InChI=1S/C20H18ClNO3/c1-4-24-20(23)18-13(3)19(25-15-8-5-12(2)6-9-15)16-11-14(21)7-10-17(16)22-18/h5-11H,4H2,1-3H3. The minimum absolute atomic E-state index is 0.249. The van der Waals surface area contributed by atoms with Gasteiger partial charge in [-0.3, -0.25) is 0 Å². The maximum absolute atomic E-state index is 12.3. The quantitative estimate of drug-likeness (QED) is 0.582. The van der Waals surface area contributed by atoms with Crippen molar-refractivity contribution in [2.75, 3.05) is 6.61 Å². The Morgan fingerprint density at radius 3 is 2.52 bits per heavy atom. The third-order valence-electron chi connectivity index (χ3n) is 3.84. The fourth-order valence-electron chi connectivity index (χ4n) is 2.56. The van der Waals surface area contributed by atoms with E-state index in [1.807, 2.05) is 31.2 Å². The third-order valence-corrected chi connectivity index (χ3v) is 4.08. The first-order valence-electron chi connectivity index (χ1n) is 8.01. The van der Waals surface area contributed by atoms with Crippen molar-refractivity contribution >= 4 is 28.5 Å². The molecule has 2 aromatic carbocycles. The van der Waals surface area contributed by atoms with Crippen LogP contribution in [0.2, 0.25) is 5.02 Å². The molecular formula is C20H18ClNO3. The van der Waals surface area contributed by atoms with E-state index in [0.717, 1.165) is 10.9 Å². The summed E-state index contributed by atoms with van der Waals surface area (Å²) in [7, 11) is 0. The maximum Gasteiger partial charge on any atom is 0.357 e. The zero-order valence-corrected chi connectivity index (χ0v) is 15.1. The molecule has 4 nitrogen and oxygen atoms in total. The Bertz CT molecular complexity index is 936. The molecule has 128 valence electrons. The molecule has 0 radical (unpaired) electrons. The van der Waals surface area contributed by atoms with Gasteiger partial charge in [-0.25, -0.2) is 9.78 Å². The lowest BCUT2D eigenvalue weighted by Crippen LogP contribution is -2.10. The first kappa shape index (κ1) is 17.2. The zero-order chi connectivity index (χ0) is 18.0. The number of hydrogen-bond acceptors (Lipinski definition) is 4. The summed E-state index contributed by atoms with van der Waals surface area (Å²) in [6, 6.07) is 13.0. The first-order valence-corrected chi connectivity index (χ1v) is 8.39. The monoisotopic (exact) mass is 355 g/mol. The molecule has 3 rings (SSSR count). The summed E-state index contributed by atoms with van der Waals surface area (Å²) in [5.74, 6) is 0.765. The van der Waals surface area contributed by atoms with Gasteiger partial charge in [0.25, 0.3) is 0 Å². The second-order valence-corrected chi connectivity index (χ2v) is 6.15. The van der Waals surface area contributed by atoms with Crippen LogP contribution in [0.1, 0.15) is 28.5 Å². The Balaban J connectivity index is 2.18. The van der Waals surface area contributed by atoms with Gasteiger partial charge in [-0.1, -0.05) is 29.3 Å². The molecule has 0 amide bonds. The lowest BCUT2D eigenvalue weighted by molar-refractivity contribution is 0.0518. The molecule has 0 aliphatic heterocycles. The third kappa shape index (κ3) is 3.59. The molecule has 0 spiro atoms. The Hall–Kier alpha value is -2.59. The van der Waals surface area contributed by atoms with Gasteiger partial charge in [-0.05, 0) is 51.1 Å². The highest BCUT2D eigenvalue weighted by Crippen LogP contribution is 2.35. The van der Waals surface area contributed by atoms with E-state index in [-0.39, 0.29) is 12.3 Å². The van der Waals surface area contributed by atoms with Crippen molar-refractivity contribution in [1.82, 2.24) is 4.98 Å². The Morgan fingerprint density at radius 1 is 1.12 bits per heavy atom. The fourth-order valence-corrected chi connectivity index (χ4v) is 2.73. The highest BCUT2D eigenvalue weighted by atomic mass is 35.5. The number of nitrogens with zero attached hydrogens (tertiary/aromatic N) is 1. The van der Waals surface area contributed by atoms with E-state index in [4.69, 9.17) is 21.1 Å². The number of aryl methyl sites for hydroxylation is 1. The summed E-state index contributed by atoms with van der Waals surface area (Å²) in [6.45, 7) is 5.85. The molecule has 0 aliphatic rings. The molecule has 0 saturated heterocycles. The molecule has 0 bridgehead atoms. The molecular weight excluding hydrogens is 338 g/mol. The van der Waals surface area contributed by atoms with Gasteiger partial charge in [0, 0.05) is 16.0 Å². The van der Waals surface area contributed by atoms with Crippen molar-refractivity contribution in [1.29, 1.82) is 0 Å².